The third kappa shape index (κ3) is 2.65. The zero-order valence-corrected chi connectivity index (χ0v) is 10.9. The minimum Gasteiger partial charge on any atom is -0.313 e. The fourth-order valence-electron chi connectivity index (χ4n) is 3.06. The van der Waals surface area contributed by atoms with E-state index in [9.17, 15) is 0 Å². The summed E-state index contributed by atoms with van der Waals surface area (Å²) in [6.07, 6.45) is 9.51. The Morgan fingerprint density at radius 1 is 1.11 bits per heavy atom. The van der Waals surface area contributed by atoms with Crippen LogP contribution in [-0.4, -0.2) is 12.6 Å². The van der Waals surface area contributed by atoms with E-state index in [1.165, 1.54) is 36.8 Å². The fraction of sp³-hybridized carbons (Fsp3) is 0.500. The zero-order valence-electron chi connectivity index (χ0n) is 10.9. The van der Waals surface area contributed by atoms with Crippen molar-refractivity contribution in [2.24, 2.45) is 0 Å². The number of benzene rings is 1. The summed E-state index contributed by atoms with van der Waals surface area (Å²) < 4.78 is 0. The molecule has 18 heavy (non-hydrogen) atoms. The van der Waals surface area contributed by atoms with Crippen LogP contribution in [0.1, 0.15) is 42.9 Å². The molecular weight excluding hydrogens is 220 g/mol. The lowest BCUT2D eigenvalue weighted by Gasteiger charge is -2.27. The van der Waals surface area contributed by atoms with Gasteiger partial charge in [0.2, 0.25) is 0 Å². The van der Waals surface area contributed by atoms with E-state index in [-0.39, 0.29) is 0 Å². The normalized spacial score (nSPS) is 27.6. The van der Waals surface area contributed by atoms with E-state index < -0.39 is 0 Å². The third-order valence-electron chi connectivity index (χ3n) is 4.06. The predicted octanol–water partition coefficient (Wildman–Crippen LogP) is 2.92. The van der Waals surface area contributed by atoms with E-state index in [1.807, 2.05) is 0 Å². The first kappa shape index (κ1) is 11.9. The van der Waals surface area contributed by atoms with Gasteiger partial charge in [-0.05, 0) is 43.4 Å². The number of nitrogens with one attached hydrogen (secondary N) is 2. The lowest BCUT2D eigenvalue weighted by Crippen LogP contribution is -2.34. The van der Waals surface area contributed by atoms with Crippen molar-refractivity contribution in [1.29, 1.82) is 0 Å². The first-order valence-corrected chi connectivity index (χ1v) is 7.13. The molecule has 2 N–H and O–H groups in total. The van der Waals surface area contributed by atoms with Crippen molar-refractivity contribution in [3.05, 3.63) is 47.5 Å². The number of hydrogen-bond donors (Lipinski definition) is 2. The Kier molecular flexibility index (Phi) is 3.77. The lowest BCUT2D eigenvalue weighted by atomic mass is 9.95. The molecule has 1 aromatic carbocycles. The van der Waals surface area contributed by atoms with Crippen LogP contribution in [0, 0.1) is 0 Å². The second kappa shape index (κ2) is 5.68. The van der Waals surface area contributed by atoms with Gasteiger partial charge < -0.3 is 10.6 Å². The molecule has 96 valence electrons. The van der Waals surface area contributed by atoms with Gasteiger partial charge in [-0.2, -0.15) is 0 Å². The highest BCUT2D eigenvalue weighted by Crippen LogP contribution is 2.25. The lowest BCUT2D eigenvalue weighted by molar-refractivity contribution is 0.394. The van der Waals surface area contributed by atoms with Crippen LogP contribution >= 0.6 is 0 Å². The molecule has 0 saturated heterocycles. The summed E-state index contributed by atoms with van der Waals surface area (Å²) in [7, 11) is 0. The summed E-state index contributed by atoms with van der Waals surface area (Å²) in [5.41, 5.74) is 2.95. The van der Waals surface area contributed by atoms with Crippen LogP contribution in [0.2, 0.25) is 0 Å². The summed E-state index contributed by atoms with van der Waals surface area (Å²) in [5, 5.41) is 7.38. The van der Waals surface area contributed by atoms with E-state index in [0.717, 1.165) is 13.1 Å². The molecule has 0 spiro atoms. The Morgan fingerprint density at radius 2 is 2.06 bits per heavy atom. The summed E-state index contributed by atoms with van der Waals surface area (Å²) in [6.45, 7) is 2.12. The Balaban J connectivity index is 1.76. The Morgan fingerprint density at radius 3 is 2.94 bits per heavy atom. The van der Waals surface area contributed by atoms with Gasteiger partial charge in [-0.15, -0.1) is 0 Å². The molecule has 1 aliphatic heterocycles. The molecule has 0 aromatic heterocycles. The molecule has 2 aliphatic rings. The van der Waals surface area contributed by atoms with E-state index >= 15 is 0 Å². The van der Waals surface area contributed by atoms with Crippen molar-refractivity contribution in [2.75, 3.05) is 6.54 Å². The summed E-state index contributed by atoms with van der Waals surface area (Å²) >= 11 is 0. The van der Waals surface area contributed by atoms with Gasteiger partial charge >= 0.3 is 0 Å². The minimum atomic E-state index is 0.521. The molecule has 2 atom stereocenters. The number of fused-ring (bicyclic) bond motifs is 1. The SMILES string of the molecule is C1=CCC(NC2CCNCc3ccccc32)CC1. The maximum Gasteiger partial charge on any atom is 0.0338 e. The monoisotopic (exact) mass is 242 g/mol. The third-order valence-corrected chi connectivity index (χ3v) is 4.06. The van der Waals surface area contributed by atoms with E-state index in [4.69, 9.17) is 0 Å². The van der Waals surface area contributed by atoms with Crippen LogP contribution in [0.3, 0.4) is 0 Å². The first-order valence-electron chi connectivity index (χ1n) is 7.13. The van der Waals surface area contributed by atoms with Gasteiger partial charge in [0.25, 0.3) is 0 Å². The molecule has 0 saturated carbocycles. The van der Waals surface area contributed by atoms with Gasteiger partial charge in [-0.3, -0.25) is 0 Å². The number of allylic oxidation sites excluding steroid dienone is 1. The van der Waals surface area contributed by atoms with Crippen molar-refractivity contribution >= 4 is 0 Å². The average molecular weight is 242 g/mol. The Bertz CT molecular complexity index is 425. The van der Waals surface area contributed by atoms with Gasteiger partial charge in [0.15, 0.2) is 0 Å². The topological polar surface area (TPSA) is 24.1 Å². The van der Waals surface area contributed by atoms with Crippen molar-refractivity contribution < 1.29 is 0 Å². The van der Waals surface area contributed by atoms with Gasteiger partial charge in [-0.25, -0.2) is 0 Å². The van der Waals surface area contributed by atoms with E-state index in [1.54, 1.807) is 0 Å². The van der Waals surface area contributed by atoms with E-state index in [2.05, 4.69) is 47.1 Å². The maximum absolute atomic E-state index is 3.86. The quantitative estimate of drug-likeness (QED) is 0.779. The highest BCUT2D eigenvalue weighted by atomic mass is 15.0. The Hall–Kier alpha value is -1.12. The van der Waals surface area contributed by atoms with Gasteiger partial charge in [-0.1, -0.05) is 36.4 Å². The molecule has 1 aromatic rings. The van der Waals surface area contributed by atoms with Gasteiger partial charge in [0, 0.05) is 18.6 Å². The minimum absolute atomic E-state index is 0.521. The molecule has 1 aliphatic carbocycles. The zero-order chi connectivity index (χ0) is 12.2. The highest BCUT2D eigenvalue weighted by Gasteiger charge is 2.21. The first-order chi connectivity index (χ1) is 8.93. The van der Waals surface area contributed by atoms with Crippen LogP contribution in [0.5, 0.6) is 0 Å². The summed E-state index contributed by atoms with van der Waals surface area (Å²) in [4.78, 5) is 0. The highest BCUT2D eigenvalue weighted by molar-refractivity contribution is 5.31. The van der Waals surface area contributed by atoms with Crippen LogP contribution in [0.4, 0.5) is 0 Å². The standard InChI is InChI=1S/C16H22N2/c1-2-7-14(8-3-1)18-16-10-11-17-12-13-6-4-5-9-15(13)16/h1-2,4-6,9,14,16-18H,3,7-8,10-12H2. The van der Waals surface area contributed by atoms with Crippen molar-refractivity contribution in [2.45, 2.75) is 44.3 Å². The largest absolute Gasteiger partial charge is 0.313 e. The molecule has 2 unspecified atom stereocenters. The second-order valence-electron chi connectivity index (χ2n) is 5.36. The molecule has 3 rings (SSSR count). The van der Waals surface area contributed by atoms with Gasteiger partial charge in [0.05, 0.1) is 0 Å². The maximum atomic E-state index is 3.86. The summed E-state index contributed by atoms with van der Waals surface area (Å²) in [6, 6.07) is 10.0. The molecular formula is C16H22N2. The molecule has 2 heteroatoms. The molecule has 0 fully saturated rings. The van der Waals surface area contributed by atoms with Crippen molar-refractivity contribution in [3.63, 3.8) is 0 Å². The number of rotatable bonds is 2. The molecule has 0 bridgehead atoms. The molecule has 2 nitrogen and oxygen atoms in total. The second-order valence-corrected chi connectivity index (χ2v) is 5.36. The Labute approximate surface area is 109 Å². The van der Waals surface area contributed by atoms with Crippen LogP contribution in [0.15, 0.2) is 36.4 Å². The van der Waals surface area contributed by atoms with Crippen LogP contribution in [0.25, 0.3) is 0 Å². The van der Waals surface area contributed by atoms with Crippen LogP contribution in [-0.2, 0) is 6.54 Å². The fourth-order valence-corrected chi connectivity index (χ4v) is 3.06. The van der Waals surface area contributed by atoms with Gasteiger partial charge in [0.1, 0.15) is 0 Å². The summed E-state index contributed by atoms with van der Waals surface area (Å²) in [5.74, 6) is 0. The van der Waals surface area contributed by atoms with Crippen molar-refractivity contribution in [1.82, 2.24) is 10.6 Å². The average Bonchev–Trinajstić information content (AvgIpc) is 2.63. The van der Waals surface area contributed by atoms with Crippen molar-refractivity contribution in [3.8, 4) is 0 Å². The predicted molar refractivity (Wildman–Crippen MR) is 75.4 cm³/mol. The number of hydrogen-bond acceptors (Lipinski definition) is 2. The van der Waals surface area contributed by atoms with E-state index in [0.29, 0.717) is 12.1 Å². The van der Waals surface area contributed by atoms with Crippen LogP contribution < -0.4 is 10.6 Å². The molecule has 0 amide bonds. The molecule has 1 heterocycles. The molecule has 0 radical (unpaired) electrons. The smallest absolute Gasteiger partial charge is 0.0338 e.